The molecule has 0 unspecified atom stereocenters. The summed E-state index contributed by atoms with van der Waals surface area (Å²) >= 11 is 0. The number of benzene rings is 1. The summed E-state index contributed by atoms with van der Waals surface area (Å²) in [5.41, 5.74) is 6.22. The number of hydrogen-bond donors (Lipinski definition) is 1. The molecule has 86 valence electrons. The quantitative estimate of drug-likeness (QED) is 0.773. The van der Waals surface area contributed by atoms with Crippen molar-refractivity contribution in [2.24, 2.45) is 5.73 Å². The molecule has 2 heteroatoms. The van der Waals surface area contributed by atoms with Gasteiger partial charge in [0.15, 0.2) is 0 Å². The Morgan fingerprint density at radius 3 is 2.44 bits per heavy atom. The van der Waals surface area contributed by atoms with Crippen molar-refractivity contribution >= 4 is 0 Å². The molecule has 0 spiro atoms. The molecule has 0 bridgehead atoms. The molecule has 0 saturated heterocycles. The van der Waals surface area contributed by atoms with Crippen molar-refractivity contribution in [2.45, 2.75) is 39.3 Å². The lowest BCUT2D eigenvalue weighted by Gasteiger charge is -2.12. The van der Waals surface area contributed by atoms with E-state index < -0.39 is 5.54 Å². The number of rotatable bonds is 2. The standard InChI is InChI=1S/C14H19NO/c1-11(2)16-13-8-6-5-7-12(13)9-10-14(3,4)15/h5-8,11H,15H2,1-4H3. The van der Waals surface area contributed by atoms with E-state index in [0.717, 1.165) is 11.3 Å². The second-order valence-electron chi connectivity index (χ2n) is 4.63. The van der Waals surface area contributed by atoms with Crippen LogP contribution in [0.1, 0.15) is 33.3 Å². The first kappa shape index (κ1) is 12.6. The van der Waals surface area contributed by atoms with Gasteiger partial charge in [-0.05, 0) is 39.8 Å². The Kier molecular flexibility index (Phi) is 3.98. The van der Waals surface area contributed by atoms with E-state index in [4.69, 9.17) is 10.5 Å². The number of nitrogens with two attached hydrogens (primary N) is 1. The lowest BCUT2D eigenvalue weighted by atomic mass is 10.1. The summed E-state index contributed by atoms with van der Waals surface area (Å²) < 4.78 is 5.67. The fourth-order valence-corrected chi connectivity index (χ4v) is 1.16. The summed E-state index contributed by atoms with van der Waals surface area (Å²) in [4.78, 5) is 0. The van der Waals surface area contributed by atoms with E-state index in [1.165, 1.54) is 0 Å². The molecular weight excluding hydrogens is 198 g/mol. The van der Waals surface area contributed by atoms with Crippen LogP contribution in [0.4, 0.5) is 0 Å². The van der Waals surface area contributed by atoms with Crippen LogP contribution in [-0.4, -0.2) is 11.6 Å². The molecule has 0 aromatic heterocycles. The van der Waals surface area contributed by atoms with Crippen LogP contribution in [-0.2, 0) is 0 Å². The van der Waals surface area contributed by atoms with E-state index in [1.807, 2.05) is 52.0 Å². The van der Waals surface area contributed by atoms with Crippen LogP contribution in [0.5, 0.6) is 5.75 Å². The zero-order chi connectivity index (χ0) is 12.2. The summed E-state index contributed by atoms with van der Waals surface area (Å²) in [6.45, 7) is 7.76. The molecule has 0 atom stereocenters. The Labute approximate surface area is 97.8 Å². The van der Waals surface area contributed by atoms with E-state index in [-0.39, 0.29) is 6.10 Å². The summed E-state index contributed by atoms with van der Waals surface area (Å²) in [6, 6.07) is 7.75. The fraction of sp³-hybridized carbons (Fsp3) is 0.429. The van der Waals surface area contributed by atoms with Gasteiger partial charge in [-0.2, -0.15) is 0 Å². The van der Waals surface area contributed by atoms with Crippen LogP contribution in [0.15, 0.2) is 24.3 Å². The van der Waals surface area contributed by atoms with Crippen LogP contribution < -0.4 is 10.5 Å². The molecule has 0 aliphatic rings. The largest absolute Gasteiger partial charge is 0.490 e. The van der Waals surface area contributed by atoms with E-state index >= 15 is 0 Å². The summed E-state index contributed by atoms with van der Waals surface area (Å²) in [5, 5.41) is 0. The second kappa shape index (κ2) is 5.05. The van der Waals surface area contributed by atoms with Crippen molar-refractivity contribution in [3.05, 3.63) is 29.8 Å². The van der Waals surface area contributed by atoms with Crippen LogP contribution in [0.2, 0.25) is 0 Å². The highest BCUT2D eigenvalue weighted by molar-refractivity contribution is 5.46. The molecule has 1 aromatic carbocycles. The zero-order valence-corrected chi connectivity index (χ0v) is 10.4. The molecule has 2 N–H and O–H groups in total. The highest BCUT2D eigenvalue weighted by Crippen LogP contribution is 2.18. The molecular formula is C14H19NO. The van der Waals surface area contributed by atoms with Gasteiger partial charge in [0.2, 0.25) is 0 Å². The maximum Gasteiger partial charge on any atom is 0.135 e. The van der Waals surface area contributed by atoms with Gasteiger partial charge in [0, 0.05) is 0 Å². The molecule has 0 saturated carbocycles. The summed E-state index contributed by atoms with van der Waals surface area (Å²) in [7, 11) is 0. The van der Waals surface area contributed by atoms with Gasteiger partial charge in [0.1, 0.15) is 5.75 Å². The van der Waals surface area contributed by atoms with Crippen molar-refractivity contribution in [1.29, 1.82) is 0 Å². The third-order valence-corrected chi connectivity index (χ3v) is 1.77. The summed E-state index contributed by atoms with van der Waals surface area (Å²) in [5.74, 6) is 6.87. The predicted octanol–water partition coefficient (Wildman–Crippen LogP) is 2.56. The number of ether oxygens (including phenoxy) is 1. The third kappa shape index (κ3) is 4.37. The number of para-hydroxylation sites is 1. The van der Waals surface area contributed by atoms with Crippen LogP contribution in [0, 0.1) is 11.8 Å². The Bertz CT molecular complexity index is 405. The maximum atomic E-state index is 5.82. The minimum absolute atomic E-state index is 0.147. The van der Waals surface area contributed by atoms with Crippen LogP contribution in [0.25, 0.3) is 0 Å². The van der Waals surface area contributed by atoms with Crippen molar-refractivity contribution in [3.8, 4) is 17.6 Å². The molecule has 16 heavy (non-hydrogen) atoms. The van der Waals surface area contributed by atoms with Gasteiger partial charge in [-0.15, -0.1) is 0 Å². The first-order valence-electron chi connectivity index (χ1n) is 5.46. The van der Waals surface area contributed by atoms with Gasteiger partial charge in [-0.1, -0.05) is 24.0 Å². The fourth-order valence-electron chi connectivity index (χ4n) is 1.16. The van der Waals surface area contributed by atoms with Gasteiger partial charge >= 0.3 is 0 Å². The average Bonchev–Trinajstić information content (AvgIpc) is 2.14. The van der Waals surface area contributed by atoms with Crippen molar-refractivity contribution in [2.75, 3.05) is 0 Å². The Hall–Kier alpha value is -1.46. The van der Waals surface area contributed by atoms with E-state index in [9.17, 15) is 0 Å². The molecule has 1 rings (SSSR count). The Morgan fingerprint density at radius 1 is 1.25 bits per heavy atom. The van der Waals surface area contributed by atoms with Gasteiger partial charge in [0.05, 0.1) is 17.2 Å². The van der Waals surface area contributed by atoms with Crippen molar-refractivity contribution in [3.63, 3.8) is 0 Å². The Balaban J connectivity index is 2.98. The molecule has 0 fully saturated rings. The third-order valence-electron chi connectivity index (χ3n) is 1.77. The van der Waals surface area contributed by atoms with Crippen LogP contribution >= 0.6 is 0 Å². The molecule has 2 nitrogen and oxygen atoms in total. The molecule has 0 heterocycles. The second-order valence-corrected chi connectivity index (χ2v) is 4.63. The SMILES string of the molecule is CC(C)Oc1ccccc1C#CC(C)(C)N. The van der Waals surface area contributed by atoms with E-state index in [2.05, 4.69) is 11.8 Å². The van der Waals surface area contributed by atoms with Gasteiger partial charge in [0.25, 0.3) is 0 Å². The maximum absolute atomic E-state index is 5.82. The van der Waals surface area contributed by atoms with Crippen molar-refractivity contribution in [1.82, 2.24) is 0 Å². The zero-order valence-electron chi connectivity index (χ0n) is 10.4. The first-order valence-corrected chi connectivity index (χ1v) is 5.46. The monoisotopic (exact) mass is 217 g/mol. The smallest absolute Gasteiger partial charge is 0.135 e. The highest BCUT2D eigenvalue weighted by atomic mass is 16.5. The predicted molar refractivity (Wildman–Crippen MR) is 67.4 cm³/mol. The lowest BCUT2D eigenvalue weighted by Crippen LogP contribution is -2.29. The highest BCUT2D eigenvalue weighted by Gasteiger charge is 2.06. The molecule has 0 amide bonds. The molecule has 0 radical (unpaired) electrons. The lowest BCUT2D eigenvalue weighted by molar-refractivity contribution is 0.242. The van der Waals surface area contributed by atoms with Gasteiger partial charge in [-0.25, -0.2) is 0 Å². The molecule has 1 aromatic rings. The Morgan fingerprint density at radius 2 is 1.88 bits per heavy atom. The van der Waals surface area contributed by atoms with Crippen molar-refractivity contribution < 1.29 is 4.74 Å². The van der Waals surface area contributed by atoms with Gasteiger partial charge in [-0.3, -0.25) is 0 Å². The molecule has 0 aliphatic heterocycles. The minimum atomic E-state index is -0.481. The minimum Gasteiger partial charge on any atom is -0.490 e. The van der Waals surface area contributed by atoms with E-state index in [0.29, 0.717) is 0 Å². The first-order chi connectivity index (χ1) is 7.38. The topological polar surface area (TPSA) is 35.2 Å². The number of hydrogen-bond acceptors (Lipinski definition) is 2. The van der Waals surface area contributed by atoms with E-state index in [1.54, 1.807) is 0 Å². The van der Waals surface area contributed by atoms with Crippen LogP contribution in [0.3, 0.4) is 0 Å². The normalized spacial score (nSPS) is 10.9. The average molecular weight is 217 g/mol. The van der Waals surface area contributed by atoms with Gasteiger partial charge < -0.3 is 10.5 Å². The summed E-state index contributed by atoms with van der Waals surface area (Å²) in [6.07, 6.45) is 0.147. The molecule has 0 aliphatic carbocycles.